The van der Waals surface area contributed by atoms with Crippen molar-refractivity contribution in [3.8, 4) is 5.75 Å². The zero-order chi connectivity index (χ0) is 19.4. The predicted molar refractivity (Wildman–Crippen MR) is 103 cm³/mol. The third kappa shape index (κ3) is 5.05. The lowest BCUT2D eigenvalue weighted by atomic mass is 9.94. The average Bonchev–Trinajstić information content (AvgIpc) is 3.13. The number of carbonyl (C=O) groups excluding carboxylic acids is 1. The molecule has 0 aromatic heterocycles. The molecule has 144 valence electrons. The second kappa shape index (κ2) is 8.06. The SMILES string of the molecule is COc1cccc(C2CC(C(=O)NC(C)(C)Cc3ccc(F)cc3)NN2)c1. The van der Waals surface area contributed by atoms with Crippen molar-refractivity contribution in [1.82, 2.24) is 16.2 Å². The summed E-state index contributed by atoms with van der Waals surface area (Å²) in [5, 5.41) is 3.10. The lowest BCUT2D eigenvalue weighted by molar-refractivity contribution is -0.124. The van der Waals surface area contributed by atoms with E-state index in [0.29, 0.717) is 12.8 Å². The number of hydrogen-bond acceptors (Lipinski definition) is 4. The maximum absolute atomic E-state index is 13.1. The highest BCUT2D eigenvalue weighted by atomic mass is 19.1. The molecule has 0 spiro atoms. The molecule has 1 amide bonds. The molecular formula is C21H26FN3O2. The van der Waals surface area contributed by atoms with Crippen LogP contribution in [0.2, 0.25) is 0 Å². The Labute approximate surface area is 159 Å². The van der Waals surface area contributed by atoms with Crippen molar-refractivity contribution >= 4 is 5.91 Å². The van der Waals surface area contributed by atoms with Gasteiger partial charge in [0.1, 0.15) is 17.6 Å². The summed E-state index contributed by atoms with van der Waals surface area (Å²) < 4.78 is 18.3. The summed E-state index contributed by atoms with van der Waals surface area (Å²) in [6.45, 7) is 3.94. The van der Waals surface area contributed by atoms with Crippen LogP contribution in [0.5, 0.6) is 5.75 Å². The van der Waals surface area contributed by atoms with E-state index in [1.165, 1.54) is 12.1 Å². The van der Waals surface area contributed by atoms with E-state index in [-0.39, 0.29) is 23.8 Å². The molecule has 2 atom stereocenters. The fourth-order valence-corrected chi connectivity index (χ4v) is 3.38. The first-order valence-electron chi connectivity index (χ1n) is 9.08. The molecule has 2 unspecified atom stereocenters. The molecule has 3 N–H and O–H groups in total. The topological polar surface area (TPSA) is 62.4 Å². The number of halogens is 1. The Bertz CT molecular complexity index is 792. The van der Waals surface area contributed by atoms with Crippen LogP contribution in [0.25, 0.3) is 0 Å². The van der Waals surface area contributed by atoms with Crippen molar-refractivity contribution in [2.75, 3.05) is 7.11 Å². The fourth-order valence-electron chi connectivity index (χ4n) is 3.38. The molecule has 0 radical (unpaired) electrons. The van der Waals surface area contributed by atoms with Gasteiger partial charge >= 0.3 is 0 Å². The highest BCUT2D eigenvalue weighted by Crippen LogP contribution is 2.25. The van der Waals surface area contributed by atoms with E-state index in [1.807, 2.05) is 38.1 Å². The van der Waals surface area contributed by atoms with E-state index in [0.717, 1.165) is 16.9 Å². The van der Waals surface area contributed by atoms with Gasteiger partial charge in [-0.15, -0.1) is 0 Å². The number of hydrazine groups is 1. The van der Waals surface area contributed by atoms with Crippen LogP contribution in [-0.4, -0.2) is 24.6 Å². The molecule has 1 aliphatic rings. The highest BCUT2D eigenvalue weighted by molar-refractivity contribution is 5.82. The van der Waals surface area contributed by atoms with Gasteiger partial charge in [-0.1, -0.05) is 24.3 Å². The number of carbonyl (C=O) groups is 1. The number of methoxy groups -OCH3 is 1. The Balaban J connectivity index is 1.58. The average molecular weight is 371 g/mol. The molecule has 6 heteroatoms. The van der Waals surface area contributed by atoms with Crippen molar-refractivity contribution in [3.63, 3.8) is 0 Å². The highest BCUT2D eigenvalue weighted by Gasteiger charge is 2.33. The standard InChI is InChI=1S/C21H26FN3O2/c1-21(2,13-14-7-9-16(22)10-8-14)23-20(26)19-12-18(24-25-19)15-5-4-6-17(11-15)27-3/h4-11,18-19,24-25H,12-13H2,1-3H3,(H,23,26). The molecule has 0 bridgehead atoms. The van der Waals surface area contributed by atoms with Crippen LogP contribution in [0.3, 0.4) is 0 Å². The van der Waals surface area contributed by atoms with Gasteiger partial charge in [0.25, 0.3) is 0 Å². The number of ether oxygens (including phenoxy) is 1. The Hall–Kier alpha value is -2.44. The van der Waals surface area contributed by atoms with Crippen molar-refractivity contribution in [3.05, 3.63) is 65.5 Å². The van der Waals surface area contributed by atoms with Gasteiger partial charge in [-0.25, -0.2) is 15.2 Å². The molecule has 0 aliphatic carbocycles. The van der Waals surface area contributed by atoms with Gasteiger partial charge in [-0.05, 0) is 62.1 Å². The molecule has 0 saturated carbocycles. The monoisotopic (exact) mass is 371 g/mol. The summed E-state index contributed by atoms with van der Waals surface area (Å²) in [6.07, 6.45) is 1.27. The van der Waals surface area contributed by atoms with E-state index in [9.17, 15) is 9.18 Å². The summed E-state index contributed by atoms with van der Waals surface area (Å²) >= 11 is 0. The maximum Gasteiger partial charge on any atom is 0.238 e. The van der Waals surface area contributed by atoms with Crippen LogP contribution in [0.15, 0.2) is 48.5 Å². The summed E-state index contributed by atoms with van der Waals surface area (Å²) in [5.74, 6) is 0.480. The molecule has 1 fully saturated rings. The van der Waals surface area contributed by atoms with E-state index in [2.05, 4.69) is 16.2 Å². The zero-order valence-electron chi connectivity index (χ0n) is 15.9. The van der Waals surface area contributed by atoms with Crippen LogP contribution in [0.1, 0.15) is 37.4 Å². The minimum atomic E-state index is -0.440. The smallest absolute Gasteiger partial charge is 0.238 e. The second-order valence-electron chi connectivity index (χ2n) is 7.58. The molecule has 3 rings (SSSR count). The Morgan fingerprint density at radius 3 is 2.67 bits per heavy atom. The van der Waals surface area contributed by atoms with Gasteiger partial charge in [-0.3, -0.25) is 4.79 Å². The largest absolute Gasteiger partial charge is 0.497 e. The molecular weight excluding hydrogens is 345 g/mol. The van der Waals surface area contributed by atoms with Crippen molar-refractivity contribution in [2.45, 2.75) is 44.3 Å². The summed E-state index contributed by atoms with van der Waals surface area (Å²) in [6, 6.07) is 13.9. The van der Waals surface area contributed by atoms with Crippen LogP contribution >= 0.6 is 0 Å². The number of hydrogen-bond donors (Lipinski definition) is 3. The minimum absolute atomic E-state index is 0.0380. The first-order chi connectivity index (χ1) is 12.9. The van der Waals surface area contributed by atoms with E-state index < -0.39 is 5.54 Å². The summed E-state index contributed by atoms with van der Waals surface area (Å²) in [7, 11) is 1.64. The van der Waals surface area contributed by atoms with Crippen LogP contribution in [0, 0.1) is 5.82 Å². The van der Waals surface area contributed by atoms with Gasteiger partial charge in [0.2, 0.25) is 5.91 Å². The number of nitrogens with one attached hydrogen (secondary N) is 3. The van der Waals surface area contributed by atoms with Gasteiger partial charge in [0.15, 0.2) is 0 Å². The van der Waals surface area contributed by atoms with Crippen molar-refractivity contribution in [1.29, 1.82) is 0 Å². The molecule has 2 aromatic carbocycles. The predicted octanol–water partition coefficient (Wildman–Crippen LogP) is 2.88. The number of rotatable bonds is 6. The maximum atomic E-state index is 13.1. The van der Waals surface area contributed by atoms with E-state index >= 15 is 0 Å². The van der Waals surface area contributed by atoms with Crippen LogP contribution in [-0.2, 0) is 11.2 Å². The number of amides is 1. The summed E-state index contributed by atoms with van der Waals surface area (Å²) in [5.41, 5.74) is 7.88. The second-order valence-corrected chi connectivity index (χ2v) is 7.58. The Kier molecular flexibility index (Phi) is 5.77. The van der Waals surface area contributed by atoms with Gasteiger partial charge in [0.05, 0.1) is 7.11 Å². The lowest BCUT2D eigenvalue weighted by Crippen LogP contribution is -2.52. The molecule has 5 nitrogen and oxygen atoms in total. The van der Waals surface area contributed by atoms with Gasteiger partial charge in [0, 0.05) is 11.6 Å². The Morgan fingerprint density at radius 1 is 1.22 bits per heavy atom. The van der Waals surface area contributed by atoms with Crippen molar-refractivity contribution in [2.24, 2.45) is 0 Å². The van der Waals surface area contributed by atoms with Crippen LogP contribution in [0.4, 0.5) is 4.39 Å². The summed E-state index contributed by atoms with van der Waals surface area (Å²) in [4.78, 5) is 12.7. The third-order valence-electron chi connectivity index (χ3n) is 4.74. The molecule has 27 heavy (non-hydrogen) atoms. The van der Waals surface area contributed by atoms with Gasteiger partial charge in [-0.2, -0.15) is 0 Å². The quantitative estimate of drug-likeness (QED) is 0.731. The van der Waals surface area contributed by atoms with E-state index in [4.69, 9.17) is 4.74 Å². The molecule has 2 aromatic rings. The molecule has 1 saturated heterocycles. The fraction of sp³-hybridized carbons (Fsp3) is 0.381. The third-order valence-corrected chi connectivity index (χ3v) is 4.74. The first-order valence-corrected chi connectivity index (χ1v) is 9.08. The molecule has 1 aliphatic heterocycles. The van der Waals surface area contributed by atoms with E-state index in [1.54, 1.807) is 19.2 Å². The first kappa shape index (κ1) is 19.3. The Morgan fingerprint density at radius 2 is 1.96 bits per heavy atom. The minimum Gasteiger partial charge on any atom is -0.497 e. The van der Waals surface area contributed by atoms with Crippen molar-refractivity contribution < 1.29 is 13.9 Å². The zero-order valence-corrected chi connectivity index (χ0v) is 15.9. The van der Waals surface area contributed by atoms with Crippen LogP contribution < -0.4 is 20.9 Å². The number of benzene rings is 2. The normalized spacial score (nSPS) is 19.7. The van der Waals surface area contributed by atoms with Gasteiger partial charge < -0.3 is 10.1 Å². The molecule has 1 heterocycles. The lowest BCUT2D eigenvalue weighted by Gasteiger charge is -2.28.